The molecule has 0 bridgehead atoms. The van der Waals surface area contributed by atoms with Gasteiger partial charge in [0.2, 0.25) is 5.89 Å². The number of oxazole rings is 1. The molecule has 0 radical (unpaired) electrons. The van der Waals surface area contributed by atoms with Gasteiger partial charge in [-0.05, 0) is 19.0 Å². The number of rotatable bonds is 7. The molecule has 1 aromatic heterocycles. The summed E-state index contributed by atoms with van der Waals surface area (Å²) < 4.78 is 34.0. The van der Waals surface area contributed by atoms with Crippen molar-refractivity contribution in [1.29, 1.82) is 0 Å². The molecular weight excluding hydrogens is 394 g/mol. The summed E-state index contributed by atoms with van der Waals surface area (Å²) in [7, 11) is 1.18. The highest BCUT2D eigenvalue weighted by molar-refractivity contribution is 7.87. The number of amides is 1. The number of hydrogen-bond donors (Lipinski definition) is 1. The monoisotopic (exact) mass is 421 g/mol. The molecular formula is C19H27N5O4S. The third-order valence-corrected chi connectivity index (χ3v) is 6.43. The Morgan fingerprint density at radius 1 is 1.21 bits per heavy atom. The van der Waals surface area contributed by atoms with E-state index in [4.69, 9.17) is 4.42 Å². The van der Waals surface area contributed by atoms with E-state index in [-0.39, 0.29) is 17.5 Å². The minimum absolute atomic E-state index is 0.164. The lowest BCUT2D eigenvalue weighted by molar-refractivity contribution is 0.0658. The van der Waals surface area contributed by atoms with E-state index >= 15 is 0 Å². The maximum atomic E-state index is 12.7. The van der Waals surface area contributed by atoms with Crippen molar-refractivity contribution in [3.05, 3.63) is 53.7 Å². The molecule has 0 unspecified atom stereocenters. The first-order valence-electron chi connectivity index (χ1n) is 9.43. The number of nitrogens with one attached hydrogen (secondary N) is 1. The highest BCUT2D eigenvalue weighted by Crippen LogP contribution is 2.20. The molecule has 1 aromatic carbocycles. The Labute approximate surface area is 171 Å². The van der Waals surface area contributed by atoms with E-state index in [1.54, 1.807) is 4.90 Å². The van der Waals surface area contributed by atoms with Crippen LogP contribution in [0.3, 0.4) is 0 Å². The lowest BCUT2D eigenvalue weighted by Gasteiger charge is -2.31. The fraction of sp³-hybridized carbons (Fsp3) is 0.474. The molecule has 2 heterocycles. The van der Waals surface area contributed by atoms with Crippen LogP contribution in [0.25, 0.3) is 0 Å². The molecule has 1 amide bonds. The van der Waals surface area contributed by atoms with E-state index in [0.29, 0.717) is 19.5 Å². The van der Waals surface area contributed by atoms with Gasteiger partial charge >= 0.3 is 0 Å². The fourth-order valence-electron chi connectivity index (χ4n) is 3.03. The second-order valence-corrected chi connectivity index (χ2v) is 9.23. The van der Waals surface area contributed by atoms with Crippen LogP contribution in [0.1, 0.15) is 28.0 Å². The zero-order valence-electron chi connectivity index (χ0n) is 16.9. The van der Waals surface area contributed by atoms with Gasteiger partial charge in [0, 0.05) is 40.3 Å². The van der Waals surface area contributed by atoms with E-state index in [1.807, 2.05) is 37.4 Å². The number of hydrogen-bond acceptors (Lipinski definition) is 6. The van der Waals surface area contributed by atoms with Crippen molar-refractivity contribution in [1.82, 2.24) is 23.8 Å². The van der Waals surface area contributed by atoms with Gasteiger partial charge in [-0.1, -0.05) is 30.3 Å². The zero-order chi connectivity index (χ0) is 21.0. The lowest BCUT2D eigenvalue weighted by Crippen LogP contribution is -2.47. The van der Waals surface area contributed by atoms with E-state index in [1.165, 1.54) is 20.4 Å². The number of benzene rings is 1. The molecule has 1 aliphatic rings. The van der Waals surface area contributed by atoms with Gasteiger partial charge in [-0.15, -0.1) is 0 Å². The summed E-state index contributed by atoms with van der Waals surface area (Å²) >= 11 is 0. The Kier molecular flexibility index (Phi) is 6.68. The van der Waals surface area contributed by atoms with Crippen LogP contribution in [-0.4, -0.2) is 80.7 Å². The van der Waals surface area contributed by atoms with Crippen molar-refractivity contribution in [3.63, 3.8) is 0 Å². The molecule has 1 aliphatic heterocycles. The Bertz CT molecular complexity index is 921. The predicted octanol–water partition coefficient (Wildman–Crippen LogP) is 0.742. The van der Waals surface area contributed by atoms with Crippen molar-refractivity contribution in [2.75, 3.05) is 47.3 Å². The Morgan fingerprint density at radius 2 is 1.86 bits per heavy atom. The lowest BCUT2D eigenvalue weighted by atomic mass is 10.1. The normalized spacial score (nSPS) is 16.9. The number of likely N-dealkylation sites (N-methyl/N-ethyl adjacent to an activating group) is 1. The molecule has 10 heteroatoms. The third kappa shape index (κ3) is 5.41. The Hall–Kier alpha value is -2.27. The van der Waals surface area contributed by atoms with Crippen molar-refractivity contribution >= 4 is 16.1 Å². The minimum Gasteiger partial charge on any atom is -0.446 e. The van der Waals surface area contributed by atoms with E-state index in [9.17, 15) is 13.2 Å². The number of nitrogens with zero attached hydrogens (tertiary/aromatic N) is 4. The van der Waals surface area contributed by atoms with Gasteiger partial charge in [0.05, 0.1) is 0 Å². The van der Waals surface area contributed by atoms with Crippen LogP contribution in [0.15, 0.2) is 41.0 Å². The van der Waals surface area contributed by atoms with Crippen LogP contribution in [0, 0.1) is 0 Å². The molecule has 29 heavy (non-hydrogen) atoms. The van der Waals surface area contributed by atoms with Crippen LogP contribution >= 0.6 is 0 Å². The van der Waals surface area contributed by atoms with Crippen molar-refractivity contribution < 1.29 is 17.6 Å². The molecule has 2 aromatic rings. The fourth-order valence-corrected chi connectivity index (χ4v) is 3.79. The van der Waals surface area contributed by atoms with Crippen molar-refractivity contribution in [2.45, 2.75) is 12.5 Å². The molecule has 0 spiro atoms. The molecule has 1 saturated heterocycles. The molecule has 1 fully saturated rings. The number of carbonyl (C=O) groups excluding carboxylic acids is 1. The summed E-state index contributed by atoms with van der Waals surface area (Å²) in [6.45, 7) is 2.85. The highest BCUT2D eigenvalue weighted by atomic mass is 32.2. The van der Waals surface area contributed by atoms with Crippen LogP contribution in [0.4, 0.5) is 0 Å². The van der Waals surface area contributed by atoms with Gasteiger partial charge in [0.1, 0.15) is 12.3 Å². The average molecular weight is 422 g/mol. The molecule has 158 valence electrons. The Balaban J connectivity index is 1.81. The summed E-state index contributed by atoms with van der Waals surface area (Å²) in [5, 5.41) is 0. The zero-order valence-corrected chi connectivity index (χ0v) is 17.7. The van der Waals surface area contributed by atoms with Gasteiger partial charge < -0.3 is 14.2 Å². The average Bonchev–Trinajstić information content (AvgIpc) is 3.18. The van der Waals surface area contributed by atoms with Crippen molar-refractivity contribution in [2.24, 2.45) is 0 Å². The molecule has 9 nitrogen and oxygen atoms in total. The quantitative estimate of drug-likeness (QED) is 0.708. The Morgan fingerprint density at radius 3 is 2.48 bits per heavy atom. The molecule has 1 atom stereocenters. The number of aromatic nitrogens is 1. The maximum Gasteiger partial charge on any atom is 0.279 e. The van der Waals surface area contributed by atoms with Gasteiger partial charge in [0.25, 0.3) is 16.1 Å². The summed E-state index contributed by atoms with van der Waals surface area (Å²) in [6.07, 6.45) is 1.65. The van der Waals surface area contributed by atoms with Crippen LogP contribution < -0.4 is 4.72 Å². The van der Waals surface area contributed by atoms with E-state index in [2.05, 4.69) is 14.6 Å². The van der Waals surface area contributed by atoms with Crippen LogP contribution in [0.2, 0.25) is 0 Å². The maximum absolute atomic E-state index is 12.7. The first-order chi connectivity index (χ1) is 13.8. The van der Waals surface area contributed by atoms with Gasteiger partial charge in [-0.3, -0.25) is 4.79 Å². The first-order valence-corrected chi connectivity index (χ1v) is 10.9. The largest absolute Gasteiger partial charge is 0.446 e. The summed E-state index contributed by atoms with van der Waals surface area (Å²) in [5.74, 6) is -0.0428. The summed E-state index contributed by atoms with van der Waals surface area (Å²) in [5.41, 5.74) is 1.11. The summed E-state index contributed by atoms with van der Waals surface area (Å²) in [4.78, 5) is 21.0. The SMILES string of the molecule is CN1CCN(C(=O)c2coc([C@H](Cc3ccccc3)NS(=O)(=O)N(C)C)n2)CC1. The smallest absolute Gasteiger partial charge is 0.279 e. The standard InChI is InChI=1S/C19H27N5O4S/c1-22(2)29(26,27)21-16(13-15-7-5-4-6-8-15)18-20-17(14-28-18)19(25)24-11-9-23(3)10-12-24/h4-8,14,16,21H,9-13H2,1-3H3/t16-/m0/s1. The first kappa shape index (κ1) is 21.4. The topological polar surface area (TPSA) is 99.0 Å². The second-order valence-electron chi connectivity index (χ2n) is 7.31. The van der Waals surface area contributed by atoms with Crippen molar-refractivity contribution in [3.8, 4) is 0 Å². The van der Waals surface area contributed by atoms with E-state index in [0.717, 1.165) is 23.0 Å². The van der Waals surface area contributed by atoms with Crippen LogP contribution in [-0.2, 0) is 16.6 Å². The molecule has 0 aliphatic carbocycles. The third-order valence-electron chi connectivity index (χ3n) is 4.88. The predicted molar refractivity (Wildman–Crippen MR) is 109 cm³/mol. The minimum atomic E-state index is -3.72. The van der Waals surface area contributed by atoms with Gasteiger partial charge in [-0.2, -0.15) is 17.4 Å². The summed E-state index contributed by atoms with van der Waals surface area (Å²) in [6, 6.07) is 8.71. The molecule has 1 N–H and O–H groups in total. The van der Waals surface area contributed by atoms with E-state index < -0.39 is 16.3 Å². The molecule has 3 rings (SSSR count). The second kappa shape index (κ2) is 9.04. The van der Waals surface area contributed by atoms with Gasteiger partial charge in [0.15, 0.2) is 5.69 Å². The van der Waals surface area contributed by atoms with Crippen LogP contribution in [0.5, 0.6) is 0 Å². The number of piperazine rings is 1. The molecule has 0 saturated carbocycles. The van der Waals surface area contributed by atoms with Gasteiger partial charge in [-0.25, -0.2) is 4.98 Å². The number of carbonyl (C=O) groups is 1. The highest BCUT2D eigenvalue weighted by Gasteiger charge is 2.28.